The van der Waals surface area contributed by atoms with Gasteiger partial charge in [-0.05, 0) is 49.3 Å². The Morgan fingerprint density at radius 1 is 1.25 bits per heavy atom. The SMILES string of the molecule is COc1c(B(O)O)cc2c(c1C)CCCC2. The molecular weight excluding hydrogens is 203 g/mol. The first kappa shape index (κ1) is 11.5. The Morgan fingerprint density at radius 2 is 1.94 bits per heavy atom. The van der Waals surface area contributed by atoms with Crippen molar-refractivity contribution in [1.82, 2.24) is 0 Å². The molecule has 1 aromatic rings. The van der Waals surface area contributed by atoms with Crippen LogP contribution < -0.4 is 10.2 Å². The smallest absolute Gasteiger partial charge is 0.492 e. The second-order valence-electron chi connectivity index (χ2n) is 4.34. The number of benzene rings is 1. The highest BCUT2D eigenvalue weighted by Gasteiger charge is 2.24. The molecule has 0 amide bonds. The Bertz CT molecular complexity index is 402. The van der Waals surface area contributed by atoms with Crippen molar-refractivity contribution in [2.75, 3.05) is 7.11 Å². The summed E-state index contributed by atoms with van der Waals surface area (Å²) in [5, 5.41) is 18.7. The molecule has 0 atom stereocenters. The van der Waals surface area contributed by atoms with Crippen LogP contribution in [0.5, 0.6) is 5.75 Å². The summed E-state index contributed by atoms with van der Waals surface area (Å²) in [5.41, 5.74) is 4.11. The predicted molar refractivity (Wildman–Crippen MR) is 64.2 cm³/mol. The number of hydrogen-bond acceptors (Lipinski definition) is 3. The van der Waals surface area contributed by atoms with Gasteiger partial charge in [-0.3, -0.25) is 0 Å². The van der Waals surface area contributed by atoms with Crippen LogP contribution >= 0.6 is 0 Å². The van der Waals surface area contributed by atoms with Gasteiger partial charge in [0.25, 0.3) is 0 Å². The van der Waals surface area contributed by atoms with E-state index in [0.717, 1.165) is 18.4 Å². The molecule has 3 nitrogen and oxygen atoms in total. The highest BCUT2D eigenvalue weighted by atomic mass is 16.5. The maximum absolute atomic E-state index is 9.34. The van der Waals surface area contributed by atoms with Gasteiger partial charge in [0.05, 0.1) is 7.11 Å². The number of methoxy groups -OCH3 is 1. The predicted octanol–water partition coefficient (Wildman–Crippen LogP) is 0.562. The Balaban J connectivity index is 2.59. The van der Waals surface area contributed by atoms with E-state index in [-0.39, 0.29) is 0 Å². The molecule has 0 spiro atoms. The minimum Gasteiger partial charge on any atom is -0.497 e. The lowest BCUT2D eigenvalue weighted by atomic mass is 9.74. The minimum atomic E-state index is -1.46. The molecule has 0 radical (unpaired) electrons. The van der Waals surface area contributed by atoms with Crippen molar-refractivity contribution in [3.63, 3.8) is 0 Å². The van der Waals surface area contributed by atoms with Gasteiger partial charge in [-0.1, -0.05) is 6.07 Å². The average molecular weight is 220 g/mol. The molecule has 1 aromatic carbocycles. The third-order valence-electron chi connectivity index (χ3n) is 3.38. The molecule has 0 saturated heterocycles. The number of rotatable bonds is 2. The molecule has 2 N–H and O–H groups in total. The lowest BCUT2D eigenvalue weighted by Crippen LogP contribution is -2.33. The Labute approximate surface area is 96.2 Å². The molecule has 0 fully saturated rings. The van der Waals surface area contributed by atoms with Gasteiger partial charge >= 0.3 is 7.12 Å². The molecule has 0 aromatic heterocycles. The molecule has 1 aliphatic rings. The Kier molecular flexibility index (Phi) is 3.21. The molecule has 4 heteroatoms. The van der Waals surface area contributed by atoms with Crippen LogP contribution in [0, 0.1) is 6.92 Å². The van der Waals surface area contributed by atoms with Crippen molar-refractivity contribution in [3.8, 4) is 5.75 Å². The highest BCUT2D eigenvalue weighted by Crippen LogP contribution is 2.29. The fraction of sp³-hybridized carbons (Fsp3) is 0.500. The summed E-state index contributed by atoms with van der Waals surface area (Å²) in [6.07, 6.45) is 4.48. The summed E-state index contributed by atoms with van der Waals surface area (Å²) in [7, 11) is 0.115. The van der Waals surface area contributed by atoms with E-state index in [9.17, 15) is 10.0 Å². The average Bonchev–Trinajstić information content (AvgIpc) is 2.29. The molecular formula is C12H17BO3. The van der Waals surface area contributed by atoms with Gasteiger partial charge in [-0.2, -0.15) is 0 Å². The molecule has 0 heterocycles. The van der Waals surface area contributed by atoms with E-state index in [2.05, 4.69) is 0 Å². The van der Waals surface area contributed by atoms with Crippen molar-refractivity contribution in [1.29, 1.82) is 0 Å². The van der Waals surface area contributed by atoms with Crippen LogP contribution in [0.1, 0.15) is 29.5 Å². The van der Waals surface area contributed by atoms with E-state index < -0.39 is 7.12 Å². The van der Waals surface area contributed by atoms with Gasteiger partial charge in [0.15, 0.2) is 0 Å². The van der Waals surface area contributed by atoms with E-state index in [4.69, 9.17) is 4.74 Å². The molecule has 16 heavy (non-hydrogen) atoms. The molecule has 2 rings (SSSR count). The van der Waals surface area contributed by atoms with Gasteiger partial charge in [0, 0.05) is 5.46 Å². The number of fused-ring (bicyclic) bond motifs is 1. The van der Waals surface area contributed by atoms with Crippen LogP contribution in [0.2, 0.25) is 0 Å². The second kappa shape index (κ2) is 4.48. The standard InChI is InChI=1S/C12H17BO3/c1-8-10-6-4-3-5-9(10)7-11(13(14)15)12(8)16-2/h7,14-15H,3-6H2,1-2H3. The summed E-state index contributed by atoms with van der Waals surface area (Å²) in [6.45, 7) is 1.99. The third-order valence-corrected chi connectivity index (χ3v) is 3.38. The lowest BCUT2D eigenvalue weighted by molar-refractivity contribution is 0.400. The first-order valence-electron chi connectivity index (χ1n) is 5.70. The zero-order valence-corrected chi connectivity index (χ0v) is 9.79. The van der Waals surface area contributed by atoms with E-state index >= 15 is 0 Å². The number of aryl methyl sites for hydroxylation is 1. The van der Waals surface area contributed by atoms with Crippen LogP contribution in [-0.2, 0) is 12.8 Å². The van der Waals surface area contributed by atoms with Crippen LogP contribution in [0.15, 0.2) is 6.07 Å². The zero-order valence-electron chi connectivity index (χ0n) is 9.79. The van der Waals surface area contributed by atoms with Gasteiger partial charge in [-0.15, -0.1) is 0 Å². The van der Waals surface area contributed by atoms with Gasteiger partial charge in [0.1, 0.15) is 5.75 Å². The van der Waals surface area contributed by atoms with Crippen LogP contribution in [0.25, 0.3) is 0 Å². The van der Waals surface area contributed by atoms with Gasteiger partial charge < -0.3 is 14.8 Å². The van der Waals surface area contributed by atoms with Crippen LogP contribution in [-0.4, -0.2) is 24.3 Å². The van der Waals surface area contributed by atoms with Crippen LogP contribution in [0.4, 0.5) is 0 Å². The van der Waals surface area contributed by atoms with E-state index in [1.54, 1.807) is 7.11 Å². The van der Waals surface area contributed by atoms with Gasteiger partial charge in [0.2, 0.25) is 0 Å². The minimum absolute atomic E-state index is 0.487. The molecule has 0 aliphatic heterocycles. The summed E-state index contributed by atoms with van der Waals surface area (Å²) in [5.74, 6) is 0.621. The lowest BCUT2D eigenvalue weighted by Gasteiger charge is -2.22. The van der Waals surface area contributed by atoms with E-state index in [0.29, 0.717) is 11.2 Å². The fourth-order valence-corrected chi connectivity index (χ4v) is 2.59. The molecule has 0 unspecified atom stereocenters. The van der Waals surface area contributed by atoms with Crippen molar-refractivity contribution >= 4 is 12.6 Å². The monoisotopic (exact) mass is 220 g/mol. The highest BCUT2D eigenvalue weighted by molar-refractivity contribution is 6.59. The fourth-order valence-electron chi connectivity index (χ4n) is 2.59. The normalized spacial score (nSPS) is 14.5. The van der Waals surface area contributed by atoms with E-state index in [1.807, 2.05) is 13.0 Å². The summed E-state index contributed by atoms with van der Waals surface area (Å²) in [4.78, 5) is 0. The Morgan fingerprint density at radius 3 is 2.56 bits per heavy atom. The topological polar surface area (TPSA) is 49.7 Å². The first-order chi connectivity index (χ1) is 7.65. The van der Waals surface area contributed by atoms with Crippen molar-refractivity contribution in [2.24, 2.45) is 0 Å². The van der Waals surface area contributed by atoms with Crippen molar-refractivity contribution in [3.05, 3.63) is 22.8 Å². The van der Waals surface area contributed by atoms with Gasteiger partial charge in [-0.25, -0.2) is 0 Å². The largest absolute Gasteiger partial charge is 0.497 e. The maximum Gasteiger partial charge on any atom is 0.492 e. The molecule has 86 valence electrons. The second-order valence-corrected chi connectivity index (χ2v) is 4.34. The molecule has 0 bridgehead atoms. The zero-order chi connectivity index (χ0) is 11.7. The van der Waals surface area contributed by atoms with Crippen molar-refractivity contribution < 1.29 is 14.8 Å². The van der Waals surface area contributed by atoms with Crippen LogP contribution in [0.3, 0.4) is 0 Å². The summed E-state index contributed by atoms with van der Waals surface area (Å²) >= 11 is 0. The molecule has 0 saturated carbocycles. The summed E-state index contributed by atoms with van der Waals surface area (Å²) in [6, 6.07) is 1.88. The number of hydrogen-bond donors (Lipinski definition) is 2. The third kappa shape index (κ3) is 1.83. The number of ether oxygens (including phenoxy) is 1. The quantitative estimate of drug-likeness (QED) is 0.716. The summed E-state index contributed by atoms with van der Waals surface area (Å²) < 4.78 is 5.28. The van der Waals surface area contributed by atoms with Crippen molar-refractivity contribution in [2.45, 2.75) is 32.6 Å². The maximum atomic E-state index is 9.34. The van der Waals surface area contributed by atoms with E-state index in [1.165, 1.54) is 24.0 Å². The first-order valence-corrected chi connectivity index (χ1v) is 5.70. The molecule has 1 aliphatic carbocycles. The Hall–Kier alpha value is -0.995.